The molecule has 2 heterocycles. The van der Waals surface area contributed by atoms with Crippen molar-refractivity contribution in [3.63, 3.8) is 0 Å². The number of unbranched alkanes of at least 4 members (excludes halogenated alkanes) is 1. The smallest absolute Gasteiger partial charge is 0.261 e. The van der Waals surface area contributed by atoms with Crippen molar-refractivity contribution >= 4 is 43.2 Å². The molecule has 0 spiro atoms. The third-order valence-electron chi connectivity index (χ3n) is 11.5. The summed E-state index contributed by atoms with van der Waals surface area (Å²) in [6.45, 7) is 18.9. The largest absolute Gasteiger partial charge is 0.407 e. The zero-order valence-corrected chi connectivity index (χ0v) is 35.8. The third-order valence-corrected chi connectivity index (χ3v) is 21.5. The summed E-state index contributed by atoms with van der Waals surface area (Å²) in [7, 11) is -5.55. The molecule has 54 heavy (non-hydrogen) atoms. The highest BCUT2D eigenvalue weighted by Gasteiger charge is 2.53. The molecule has 0 saturated carbocycles. The lowest BCUT2D eigenvalue weighted by Crippen LogP contribution is -2.68. The second-order valence-electron chi connectivity index (χ2n) is 17.8. The first-order valence-electron chi connectivity index (χ1n) is 20.1. The minimum atomic E-state index is -2.77. The van der Waals surface area contributed by atoms with Crippen molar-refractivity contribution in [2.24, 2.45) is 5.41 Å². The number of fused-ring (bicyclic) bond motifs is 1. The molecule has 1 aromatic heterocycles. The molecule has 0 fully saturated rings. The van der Waals surface area contributed by atoms with Gasteiger partial charge in [-0.2, -0.15) is 0 Å². The van der Waals surface area contributed by atoms with E-state index in [-0.39, 0.29) is 15.5 Å². The van der Waals surface area contributed by atoms with E-state index >= 15 is 0 Å². The van der Waals surface area contributed by atoms with E-state index in [0.29, 0.717) is 13.2 Å². The number of hydrogen-bond donors (Lipinski definition) is 1. The Morgan fingerprint density at radius 2 is 0.981 bits per heavy atom. The van der Waals surface area contributed by atoms with E-state index in [4.69, 9.17) is 13.8 Å². The maximum Gasteiger partial charge on any atom is 0.261 e. The topological polar surface area (TPSA) is 43.4 Å². The molecule has 1 aliphatic heterocycles. The van der Waals surface area contributed by atoms with E-state index in [1.165, 1.54) is 38.4 Å². The van der Waals surface area contributed by atoms with Gasteiger partial charge in [-0.25, -0.2) is 4.98 Å². The fourth-order valence-electron chi connectivity index (χ4n) is 8.64. The number of rotatable bonds is 15. The van der Waals surface area contributed by atoms with Gasteiger partial charge in [0.15, 0.2) is 0 Å². The number of hydrogen-bond acceptors (Lipinski definition) is 4. The van der Waals surface area contributed by atoms with E-state index in [0.717, 1.165) is 44.5 Å². The first-order chi connectivity index (χ1) is 25.9. The van der Waals surface area contributed by atoms with Crippen molar-refractivity contribution < 1.29 is 8.85 Å². The molecule has 0 saturated heterocycles. The summed E-state index contributed by atoms with van der Waals surface area (Å²) < 4.78 is 15.5. The average molecular weight is 755 g/mol. The molecule has 1 N–H and O–H groups in total. The number of anilines is 1. The zero-order valence-electron chi connectivity index (χ0n) is 33.8. The Labute approximate surface area is 328 Å². The van der Waals surface area contributed by atoms with E-state index in [9.17, 15) is 0 Å². The van der Waals surface area contributed by atoms with E-state index in [2.05, 4.69) is 187 Å². The SMILES string of the molecule is CC(CCCCc1ccc2c(n1)NCCC2)(CO[Si](c1ccccc1)(c1ccccc1)C(C)(C)C)CO[Si](c1ccccc1)(c1ccccc1)C(C)(C)C. The number of aryl methyl sites for hydroxylation is 2. The Morgan fingerprint density at radius 3 is 1.39 bits per heavy atom. The van der Waals surface area contributed by atoms with Gasteiger partial charge in [-0.1, -0.05) is 182 Å². The predicted octanol–water partition coefficient (Wildman–Crippen LogP) is 9.31. The van der Waals surface area contributed by atoms with Crippen LogP contribution >= 0.6 is 0 Å². The van der Waals surface area contributed by atoms with Gasteiger partial charge in [-0.05, 0) is 74.6 Å². The minimum absolute atomic E-state index is 0.110. The van der Waals surface area contributed by atoms with Gasteiger partial charge in [-0.15, -0.1) is 0 Å². The summed E-state index contributed by atoms with van der Waals surface area (Å²) in [4.78, 5) is 5.02. The molecule has 0 radical (unpaired) electrons. The van der Waals surface area contributed by atoms with E-state index in [1.54, 1.807) is 0 Å². The standard InChI is InChI=1S/C48H62N2O2Si2/c1-46(2,3)53(41-25-12-8-13-26-41,42-27-14-9-15-28-42)51-37-48(7,35-21-20-24-40-34-33-39-23-22-36-49-45(39)50-40)38-52-54(47(4,5)6,43-29-16-10-17-30-43)44-31-18-11-19-32-44/h8-19,25-34H,20-24,35-38H2,1-7H3,(H,49,50). The summed E-state index contributed by atoms with van der Waals surface area (Å²) in [6, 6.07) is 48.7. The molecule has 5 aromatic rings. The minimum Gasteiger partial charge on any atom is -0.407 e. The Kier molecular flexibility index (Phi) is 12.5. The van der Waals surface area contributed by atoms with Gasteiger partial charge in [0, 0.05) is 30.9 Å². The third kappa shape index (κ3) is 8.52. The fourth-order valence-corrected chi connectivity index (χ4v) is 18.1. The van der Waals surface area contributed by atoms with Gasteiger partial charge in [0.05, 0.1) is 0 Å². The van der Waals surface area contributed by atoms with Crippen LogP contribution in [0.5, 0.6) is 0 Å². The summed E-state index contributed by atoms with van der Waals surface area (Å²) >= 11 is 0. The second-order valence-corrected chi connectivity index (χ2v) is 26.4. The van der Waals surface area contributed by atoms with Crippen molar-refractivity contribution in [2.45, 2.75) is 97.1 Å². The molecular weight excluding hydrogens is 693 g/mol. The van der Waals surface area contributed by atoms with Crippen LogP contribution in [0.1, 0.15) is 85.4 Å². The number of nitrogens with zero attached hydrogens (tertiary/aromatic N) is 1. The maximum absolute atomic E-state index is 7.73. The van der Waals surface area contributed by atoms with Crippen LogP contribution in [0.2, 0.25) is 10.1 Å². The fraction of sp³-hybridized carbons (Fsp3) is 0.396. The van der Waals surface area contributed by atoms with Crippen LogP contribution in [0, 0.1) is 5.41 Å². The summed E-state index contributed by atoms with van der Waals surface area (Å²) in [5.74, 6) is 1.08. The van der Waals surface area contributed by atoms with Crippen LogP contribution in [-0.4, -0.2) is 41.4 Å². The molecule has 0 atom stereocenters. The molecule has 4 aromatic carbocycles. The van der Waals surface area contributed by atoms with Crippen LogP contribution in [0.3, 0.4) is 0 Å². The van der Waals surface area contributed by atoms with Crippen molar-refractivity contribution in [1.29, 1.82) is 0 Å². The highest BCUT2D eigenvalue weighted by atomic mass is 28.4. The monoisotopic (exact) mass is 754 g/mol. The summed E-state index contributed by atoms with van der Waals surface area (Å²) in [5, 5.41) is 8.55. The van der Waals surface area contributed by atoms with Gasteiger partial charge in [0.25, 0.3) is 16.6 Å². The molecule has 4 nitrogen and oxygen atoms in total. The summed E-state index contributed by atoms with van der Waals surface area (Å²) in [5.41, 5.74) is 2.28. The Hall–Kier alpha value is -3.82. The van der Waals surface area contributed by atoms with Crippen LogP contribution in [0.4, 0.5) is 5.82 Å². The van der Waals surface area contributed by atoms with Gasteiger partial charge in [-0.3, -0.25) is 0 Å². The quantitative estimate of drug-likeness (QED) is 0.0855. The normalized spacial score (nSPS) is 14.0. The second kappa shape index (κ2) is 16.9. The van der Waals surface area contributed by atoms with Gasteiger partial charge in [0.2, 0.25) is 0 Å². The maximum atomic E-state index is 7.73. The molecule has 0 unspecified atom stereocenters. The highest BCUT2D eigenvalue weighted by Crippen LogP contribution is 2.41. The molecule has 0 amide bonds. The molecule has 0 bridgehead atoms. The molecule has 0 aliphatic carbocycles. The number of pyridine rings is 1. The number of benzene rings is 4. The lowest BCUT2D eigenvalue weighted by Gasteiger charge is -2.47. The van der Waals surface area contributed by atoms with Crippen molar-refractivity contribution in [3.05, 3.63) is 145 Å². The number of aromatic nitrogens is 1. The van der Waals surface area contributed by atoms with Gasteiger partial charge < -0.3 is 14.2 Å². The van der Waals surface area contributed by atoms with E-state index in [1.807, 2.05) is 0 Å². The van der Waals surface area contributed by atoms with Crippen LogP contribution in [0.25, 0.3) is 0 Å². The lowest BCUT2D eigenvalue weighted by molar-refractivity contribution is 0.0743. The Bertz CT molecular complexity index is 1720. The zero-order chi connectivity index (χ0) is 38.3. The van der Waals surface area contributed by atoms with Crippen molar-refractivity contribution in [1.82, 2.24) is 4.98 Å². The lowest BCUT2D eigenvalue weighted by atomic mass is 9.86. The predicted molar refractivity (Wildman–Crippen MR) is 234 cm³/mol. The molecule has 6 heteroatoms. The molecular formula is C48H62N2O2Si2. The summed E-state index contributed by atoms with van der Waals surface area (Å²) in [6.07, 6.45) is 6.39. The first kappa shape index (κ1) is 39.9. The van der Waals surface area contributed by atoms with E-state index < -0.39 is 16.6 Å². The van der Waals surface area contributed by atoms with Gasteiger partial charge >= 0.3 is 0 Å². The van der Waals surface area contributed by atoms with Crippen LogP contribution < -0.4 is 26.1 Å². The molecule has 6 rings (SSSR count). The number of nitrogens with one attached hydrogen (secondary N) is 1. The Balaban J connectivity index is 1.35. The van der Waals surface area contributed by atoms with Crippen molar-refractivity contribution in [2.75, 3.05) is 25.1 Å². The molecule has 284 valence electrons. The van der Waals surface area contributed by atoms with Crippen LogP contribution in [0.15, 0.2) is 133 Å². The Morgan fingerprint density at radius 1 is 0.556 bits per heavy atom. The average Bonchev–Trinajstić information content (AvgIpc) is 3.18. The van der Waals surface area contributed by atoms with Crippen LogP contribution in [-0.2, 0) is 21.7 Å². The first-order valence-corrected chi connectivity index (χ1v) is 23.9. The van der Waals surface area contributed by atoms with Gasteiger partial charge in [0.1, 0.15) is 5.82 Å². The van der Waals surface area contributed by atoms with Crippen molar-refractivity contribution in [3.8, 4) is 0 Å². The molecule has 1 aliphatic rings. The highest BCUT2D eigenvalue weighted by molar-refractivity contribution is 7.00.